The van der Waals surface area contributed by atoms with Gasteiger partial charge in [0.15, 0.2) is 0 Å². The molecule has 0 rings (SSSR count). The molecule has 0 fully saturated rings. The van der Waals surface area contributed by atoms with Gasteiger partial charge in [0, 0.05) is 0 Å². The first-order valence-corrected chi connectivity index (χ1v) is 1.97. The molecule has 0 saturated carbocycles. The Hall–Kier alpha value is 0.716. The third kappa shape index (κ3) is 291. The van der Waals surface area contributed by atoms with Gasteiger partial charge in [0.2, 0.25) is 0 Å². The van der Waals surface area contributed by atoms with E-state index in [-0.39, 0.29) is 12.4 Å². The summed E-state index contributed by atoms with van der Waals surface area (Å²) in [6, 6.07) is 0. The number of rotatable bonds is 0. The Bertz CT molecular complexity index is 16.9. The zero-order valence-electron chi connectivity index (χ0n) is 4.65. The van der Waals surface area contributed by atoms with Crippen LogP contribution in [0.15, 0.2) is 0 Å². The molecule has 0 saturated heterocycles. The molecule has 0 aliphatic rings. The van der Waals surface area contributed by atoms with E-state index in [0.29, 0.717) is 0 Å². The first kappa shape index (κ1) is 15.6. The molecule has 0 aliphatic heterocycles. The van der Waals surface area contributed by atoms with Crippen LogP contribution in [0.4, 0.5) is 0 Å². The van der Waals surface area contributed by atoms with Crippen molar-refractivity contribution in [1.82, 2.24) is 5.32 Å². The molecule has 0 bridgehead atoms. The number of halogens is 1. The van der Waals surface area contributed by atoms with Crippen LogP contribution in [-0.2, 0) is 19.9 Å². The molecule has 4 heteroatoms. The van der Waals surface area contributed by atoms with Crippen molar-refractivity contribution in [1.29, 1.82) is 0 Å². The smallest absolute Gasteiger partial charge is 0.147 e. The third-order valence-corrected chi connectivity index (χ3v) is 0. The van der Waals surface area contributed by atoms with Gasteiger partial charge >= 0.3 is 27.0 Å². The SMILES string of the molecule is CNC.C[O][Co].Cl. The largest absolute Gasteiger partial charge is 0.147 e. The molecule has 0 radical (unpaired) electrons. The number of hydrogen-bond donors (Lipinski definition) is 1. The molecule has 0 aliphatic carbocycles. The van der Waals surface area contributed by atoms with Crippen LogP contribution in [0.25, 0.3) is 0 Å². The zero-order chi connectivity index (χ0) is 5.41. The second-order valence-corrected chi connectivity index (χ2v) is 1.06. The zero-order valence-corrected chi connectivity index (χ0v) is 6.51. The minimum Gasteiger partial charge on any atom is -0.147 e. The molecule has 50 valence electrons. The van der Waals surface area contributed by atoms with Crippen LogP contribution in [0.5, 0.6) is 0 Å². The van der Waals surface area contributed by atoms with Crippen molar-refractivity contribution in [3.05, 3.63) is 0 Å². The Labute approximate surface area is 59.3 Å². The monoisotopic (exact) mass is 171 g/mol. The second-order valence-electron chi connectivity index (χ2n) is 0.636. The van der Waals surface area contributed by atoms with Crippen molar-refractivity contribution >= 4 is 12.4 Å². The minimum absolute atomic E-state index is 0. The van der Waals surface area contributed by atoms with Gasteiger partial charge in [0.05, 0.1) is 0 Å². The van der Waals surface area contributed by atoms with Crippen LogP contribution in [-0.4, -0.2) is 21.2 Å². The van der Waals surface area contributed by atoms with Gasteiger partial charge in [0.25, 0.3) is 0 Å². The fourth-order valence-electron chi connectivity index (χ4n) is 0. The average Bonchev–Trinajstić information content (AvgIpc) is 1.39. The van der Waals surface area contributed by atoms with E-state index in [9.17, 15) is 0 Å². The van der Waals surface area contributed by atoms with Crippen LogP contribution < -0.4 is 5.32 Å². The molecule has 0 aromatic carbocycles. The predicted octanol–water partition coefficient (Wildman–Crippen LogP) is 0.352. The molecule has 0 spiro atoms. The molecule has 0 heterocycles. The molecular weight excluding hydrogens is 160 g/mol. The molecular formula is C3H11ClCoNO. The Morgan fingerprint density at radius 2 is 1.43 bits per heavy atom. The van der Waals surface area contributed by atoms with Crippen LogP contribution in [0.2, 0.25) is 0 Å². The van der Waals surface area contributed by atoms with Crippen LogP contribution >= 0.6 is 12.4 Å². The number of hydrogen-bond acceptors (Lipinski definition) is 2. The van der Waals surface area contributed by atoms with E-state index >= 15 is 0 Å². The first-order chi connectivity index (χ1) is 2.83. The van der Waals surface area contributed by atoms with Gasteiger partial charge in [-0.3, -0.25) is 0 Å². The van der Waals surface area contributed by atoms with Gasteiger partial charge in [-0.2, -0.15) is 0 Å². The van der Waals surface area contributed by atoms with Crippen LogP contribution in [0.3, 0.4) is 0 Å². The summed E-state index contributed by atoms with van der Waals surface area (Å²) in [6.45, 7) is 0. The summed E-state index contributed by atoms with van der Waals surface area (Å²) in [5.41, 5.74) is 0. The van der Waals surface area contributed by atoms with Gasteiger partial charge in [-0.05, 0) is 14.1 Å². The van der Waals surface area contributed by atoms with Crippen molar-refractivity contribution in [3.63, 3.8) is 0 Å². The van der Waals surface area contributed by atoms with Crippen molar-refractivity contribution in [3.8, 4) is 0 Å². The Balaban J connectivity index is -0.0000000400. The molecule has 0 aromatic heterocycles. The number of nitrogens with one attached hydrogen (secondary N) is 1. The topological polar surface area (TPSA) is 21.3 Å². The summed E-state index contributed by atoms with van der Waals surface area (Å²) in [5.74, 6) is 0. The van der Waals surface area contributed by atoms with Gasteiger partial charge < -0.3 is 5.32 Å². The summed E-state index contributed by atoms with van der Waals surface area (Å²) in [5, 5.41) is 2.75. The van der Waals surface area contributed by atoms with Gasteiger partial charge in [-0.25, -0.2) is 0 Å². The van der Waals surface area contributed by atoms with E-state index in [2.05, 4.69) is 25.2 Å². The van der Waals surface area contributed by atoms with Gasteiger partial charge in [0.1, 0.15) is 0 Å². The second kappa shape index (κ2) is 29.7. The normalized spacial score (nSPS) is 5.29. The van der Waals surface area contributed by atoms with E-state index in [1.165, 1.54) is 7.11 Å². The first-order valence-electron chi connectivity index (χ1n) is 1.54. The Kier molecular flexibility index (Phi) is 66.5. The van der Waals surface area contributed by atoms with Crippen LogP contribution in [0.1, 0.15) is 0 Å². The average molecular weight is 172 g/mol. The maximum Gasteiger partial charge on any atom is -0.147 e. The third-order valence-electron chi connectivity index (χ3n) is 0. The van der Waals surface area contributed by atoms with E-state index < -0.39 is 0 Å². The van der Waals surface area contributed by atoms with Crippen molar-refractivity contribution < 1.29 is 19.9 Å². The molecule has 0 amide bonds. The fourth-order valence-corrected chi connectivity index (χ4v) is 0. The standard InChI is InChI=1S/C2H7N.CH3O.ClH.Co/c1-3-2;1-2;;/h3H,1-2H3;1H3;1H;/q;-1;;+1. The molecule has 7 heavy (non-hydrogen) atoms. The van der Waals surface area contributed by atoms with E-state index in [1.54, 1.807) is 0 Å². The van der Waals surface area contributed by atoms with E-state index in [4.69, 9.17) is 0 Å². The summed E-state index contributed by atoms with van der Waals surface area (Å²) in [7, 11) is 5.24. The molecule has 0 unspecified atom stereocenters. The van der Waals surface area contributed by atoms with Crippen molar-refractivity contribution in [2.24, 2.45) is 0 Å². The van der Waals surface area contributed by atoms with Gasteiger partial charge in [-0.15, -0.1) is 12.4 Å². The maximum absolute atomic E-state index is 3.94. The van der Waals surface area contributed by atoms with Crippen LogP contribution in [0, 0.1) is 0 Å². The maximum atomic E-state index is 3.94. The van der Waals surface area contributed by atoms with Crippen molar-refractivity contribution in [2.75, 3.05) is 21.2 Å². The molecule has 0 aromatic rings. The Morgan fingerprint density at radius 1 is 1.43 bits per heavy atom. The van der Waals surface area contributed by atoms with Gasteiger partial charge in [-0.1, -0.05) is 0 Å². The molecule has 0 atom stereocenters. The predicted molar refractivity (Wildman–Crippen MR) is 29.2 cm³/mol. The molecule has 2 nitrogen and oxygen atoms in total. The minimum atomic E-state index is 0. The van der Waals surface area contributed by atoms with Crippen molar-refractivity contribution in [2.45, 2.75) is 0 Å². The Morgan fingerprint density at radius 3 is 1.43 bits per heavy atom. The van der Waals surface area contributed by atoms with E-state index in [1.807, 2.05) is 14.1 Å². The summed E-state index contributed by atoms with van der Waals surface area (Å²) in [4.78, 5) is 0. The summed E-state index contributed by atoms with van der Waals surface area (Å²) >= 11 is 3.33. The molecule has 1 N–H and O–H groups in total. The fraction of sp³-hybridized carbons (Fsp3) is 1.00. The summed E-state index contributed by atoms with van der Waals surface area (Å²) in [6.07, 6.45) is 0. The quantitative estimate of drug-likeness (QED) is 0.568. The summed E-state index contributed by atoms with van der Waals surface area (Å²) < 4.78 is 3.94. The van der Waals surface area contributed by atoms with E-state index in [0.717, 1.165) is 0 Å².